The van der Waals surface area contributed by atoms with Crippen molar-refractivity contribution in [1.82, 2.24) is 10.2 Å². The molecular formula is C18H25F3N2O2. The van der Waals surface area contributed by atoms with Gasteiger partial charge in [0.15, 0.2) is 0 Å². The first-order valence-electron chi connectivity index (χ1n) is 8.53. The Bertz CT molecular complexity index is 586. The van der Waals surface area contributed by atoms with Gasteiger partial charge in [0.05, 0.1) is 24.8 Å². The minimum absolute atomic E-state index is 0.00923. The van der Waals surface area contributed by atoms with E-state index in [9.17, 15) is 23.1 Å². The minimum Gasteiger partial charge on any atom is -0.394 e. The van der Waals surface area contributed by atoms with Gasteiger partial charge in [-0.25, -0.2) is 0 Å². The van der Waals surface area contributed by atoms with Crippen LogP contribution in [0, 0.1) is 5.92 Å². The van der Waals surface area contributed by atoms with Gasteiger partial charge in [-0.2, -0.15) is 13.2 Å². The Morgan fingerprint density at radius 1 is 1.36 bits per heavy atom. The highest BCUT2D eigenvalue weighted by Gasteiger charge is 2.33. The number of halogens is 3. The van der Waals surface area contributed by atoms with E-state index in [1.165, 1.54) is 12.1 Å². The number of aliphatic hydroxyl groups excluding tert-OH is 1. The third-order valence-electron chi connectivity index (χ3n) is 4.17. The van der Waals surface area contributed by atoms with E-state index in [0.717, 1.165) is 25.0 Å². The predicted molar refractivity (Wildman–Crippen MR) is 88.8 cm³/mol. The summed E-state index contributed by atoms with van der Waals surface area (Å²) in [6.45, 7) is 4.34. The molecule has 1 aliphatic carbocycles. The average molecular weight is 358 g/mol. The molecule has 4 nitrogen and oxygen atoms in total. The van der Waals surface area contributed by atoms with Crippen LogP contribution in [-0.2, 0) is 11.0 Å². The molecule has 1 aliphatic rings. The van der Waals surface area contributed by atoms with Gasteiger partial charge in [-0.15, -0.1) is 0 Å². The van der Waals surface area contributed by atoms with E-state index in [1.54, 1.807) is 0 Å². The van der Waals surface area contributed by atoms with Crippen molar-refractivity contribution in [2.75, 3.05) is 19.7 Å². The van der Waals surface area contributed by atoms with E-state index < -0.39 is 17.8 Å². The van der Waals surface area contributed by atoms with Gasteiger partial charge < -0.3 is 10.0 Å². The zero-order valence-corrected chi connectivity index (χ0v) is 14.5. The summed E-state index contributed by atoms with van der Waals surface area (Å²) in [5.41, 5.74) is -0.456. The molecule has 7 heteroatoms. The molecule has 0 aromatic heterocycles. The molecule has 1 aromatic rings. The molecule has 25 heavy (non-hydrogen) atoms. The molecule has 0 spiro atoms. The number of alkyl halides is 3. The lowest BCUT2D eigenvalue weighted by Crippen LogP contribution is -2.42. The molecule has 0 heterocycles. The third kappa shape index (κ3) is 5.71. The maximum atomic E-state index is 12.8. The van der Waals surface area contributed by atoms with Crippen LogP contribution in [0.1, 0.15) is 43.9 Å². The van der Waals surface area contributed by atoms with Crippen LogP contribution < -0.4 is 5.32 Å². The molecule has 0 aliphatic heterocycles. The Morgan fingerprint density at radius 2 is 2.04 bits per heavy atom. The van der Waals surface area contributed by atoms with Gasteiger partial charge in [0, 0.05) is 12.6 Å². The largest absolute Gasteiger partial charge is 0.416 e. The molecule has 0 radical (unpaired) electrons. The summed E-state index contributed by atoms with van der Waals surface area (Å²) in [6.07, 6.45) is -2.45. The van der Waals surface area contributed by atoms with Crippen molar-refractivity contribution in [3.05, 3.63) is 35.4 Å². The van der Waals surface area contributed by atoms with Crippen molar-refractivity contribution in [1.29, 1.82) is 0 Å². The van der Waals surface area contributed by atoms with Gasteiger partial charge in [0.1, 0.15) is 0 Å². The standard InChI is InChI=1S/C18H25F3N2O2/c1-12(2)10-23(15-6-7-15)17(25)9-22-16(11-24)13-4-3-5-14(8-13)18(19,20)21/h3-5,8,12,15-16,22,24H,6-7,9-11H2,1-2H3. The second-order valence-corrected chi connectivity index (χ2v) is 6.91. The van der Waals surface area contributed by atoms with E-state index >= 15 is 0 Å². The number of rotatable bonds is 8. The topological polar surface area (TPSA) is 52.6 Å². The first-order valence-corrected chi connectivity index (χ1v) is 8.53. The number of carbonyl (C=O) groups excluding carboxylic acids is 1. The van der Waals surface area contributed by atoms with Crippen molar-refractivity contribution >= 4 is 5.91 Å². The van der Waals surface area contributed by atoms with Gasteiger partial charge in [-0.3, -0.25) is 10.1 Å². The summed E-state index contributed by atoms with van der Waals surface area (Å²) in [4.78, 5) is 14.3. The lowest BCUT2D eigenvalue weighted by Gasteiger charge is -2.26. The number of carbonyl (C=O) groups is 1. The molecule has 2 rings (SSSR count). The Kier molecular flexibility index (Phi) is 6.46. The Hall–Kier alpha value is -1.60. The zero-order valence-electron chi connectivity index (χ0n) is 14.5. The van der Waals surface area contributed by atoms with Crippen molar-refractivity contribution in [2.45, 2.75) is 44.9 Å². The molecule has 140 valence electrons. The zero-order chi connectivity index (χ0) is 18.6. The third-order valence-corrected chi connectivity index (χ3v) is 4.17. The highest BCUT2D eigenvalue weighted by atomic mass is 19.4. The SMILES string of the molecule is CC(C)CN(C(=O)CNC(CO)c1cccc(C(F)(F)F)c1)C1CC1. The van der Waals surface area contributed by atoms with E-state index in [0.29, 0.717) is 18.0 Å². The van der Waals surface area contributed by atoms with Crippen molar-refractivity contribution in [3.63, 3.8) is 0 Å². The van der Waals surface area contributed by atoms with Crippen LogP contribution in [-0.4, -0.2) is 41.7 Å². The van der Waals surface area contributed by atoms with Gasteiger partial charge in [-0.1, -0.05) is 26.0 Å². The monoisotopic (exact) mass is 358 g/mol. The Labute approximate surface area is 146 Å². The van der Waals surface area contributed by atoms with Crippen LogP contribution in [0.2, 0.25) is 0 Å². The van der Waals surface area contributed by atoms with Crippen molar-refractivity contribution in [2.24, 2.45) is 5.92 Å². The number of nitrogens with one attached hydrogen (secondary N) is 1. The van der Waals surface area contributed by atoms with Crippen molar-refractivity contribution < 1.29 is 23.1 Å². The van der Waals surface area contributed by atoms with Crippen LogP contribution >= 0.6 is 0 Å². The molecule has 2 N–H and O–H groups in total. The summed E-state index contributed by atoms with van der Waals surface area (Å²) in [5, 5.41) is 12.4. The summed E-state index contributed by atoms with van der Waals surface area (Å²) < 4.78 is 38.5. The van der Waals surface area contributed by atoms with Gasteiger partial charge in [0.25, 0.3) is 0 Å². The second-order valence-electron chi connectivity index (χ2n) is 6.91. The Morgan fingerprint density at radius 3 is 2.56 bits per heavy atom. The molecule has 1 aromatic carbocycles. The summed E-state index contributed by atoms with van der Waals surface area (Å²) >= 11 is 0. The molecule has 0 saturated heterocycles. The van der Waals surface area contributed by atoms with Crippen LogP contribution in [0.3, 0.4) is 0 Å². The lowest BCUT2D eigenvalue weighted by molar-refractivity contribution is -0.137. The van der Waals surface area contributed by atoms with E-state index in [-0.39, 0.29) is 25.1 Å². The first-order chi connectivity index (χ1) is 11.7. The summed E-state index contributed by atoms with van der Waals surface area (Å²) in [7, 11) is 0. The maximum Gasteiger partial charge on any atom is 0.416 e. The highest BCUT2D eigenvalue weighted by molar-refractivity contribution is 5.79. The molecular weight excluding hydrogens is 333 g/mol. The number of nitrogens with zero attached hydrogens (tertiary/aromatic N) is 1. The van der Waals surface area contributed by atoms with E-state index in [4.69, 9.17) is 0 Å². The number of aliphatic hydroxyl groups is 1. The summed E-state index contributed by atoms with van der Waals surface area (Å²) in [5.74, 6) is 0.267. The molecule has 1 amide bonds. The molecule has 0 bridgehead atoms. The van der Waals surface area contributed by atoms with E-state index in [2.05, 4.69) is 5.32 Å². The lowest BCUT2D eigenvalue weighted by atomic mass is 10.0. The summed E-state index contributed by atoms with van der Waals surface area (Å²) in [6, 6.07) is 4.37. The Balaban J connectivity index is 2.01. The minimum atomic E-state index is -4.44. The van der Waals surface area contributed by atoms with E-state index in [1.807, 2.05) is 18.7 Å². The number of hydrogen-bond acceptors (Lipinski definition) is 3. The maximum absolute atomic E-state index is 12.8. The van der Waals surface area contributed by atoms with Gasteiger partial charge in [-0.05, 0) is 36.5 Å². The van der Waals surface area contributed by atoms with Crippen LogP contribution in [0.15, 0.2) is 24.3 Å². The fourth-order valence-electron chi connectivity index (χ4n) is 2.77. The molecule has 1 atom stereocenters. The van der Waals surface area contributed by atoms with Crippen LogP contribution in [0.25, 0.3) is 0 Å². The molecule has 1 unspecified atom stereocenters. The number of hydrogen-bond donors (Lipinski definition) is 2. The fraction of sp³-hybridized carbons (Fsp3) is 0.611. The normalized spacial score (nSPS) is 16.1. The van der Waals surface area contributed by atoms with Gasteiger partial charge in [0.2, 0.25) is 5.91 Å². The molecule has 1 saturated carbocycles. The smallest absolute Gasteiger partial charge is 0.394 e. The van der Waals surface area contributed by atoms with Crippen LogP contribution in [0.4, 0.5) is 13.2 Å². The second kappa shape index (κ2) is 8.19. The first kappa shape index (κ1) is 19.7. The molecule has 1 fully saturated rings. The highest BCUT2D eigenvalue weighted by Crippen LogP contribution is 2.31. The van der Waals surface area contributed by atoms with Crippen LogP contribution in [0.5, 0.6) is 0 Å². The number of amides is 1. The van der Waals surface area contributed by atoms with Gasteiger partial charge >= 0.3 is 6.18 Å². The average Bonchev–Trinajstić information content (AvgIpc) is 3.37. The quantitative estimate of drug-likeness (QED) is 0.751. The predicted octanol–water partition coefficient (Wildman–Crippen LogP) is 2.98. The fourth-order valence-corrected chi connectivity index (χ4v) is 2.77. The number of benzene rings is 1. The van der Waals surface area contributed by atoms with Crippen molar-refractivity contribution in [3.8, 4) is 0 Å².